The van der Waals surface area contributed by atoms with Crippen LogP contribution in [0, 0.1) is 0 Å². The van der Waals surface area contributed by atoms with E-state index < -0.39 is 5.56 Å². The first kappa shape index (κ1) is 21.1. The average molecular weight is 420 g/mol. The number of nitrogens with zero attached hydrogens (tertiary/aromatic N) is 3. The number of amides is 1. The number of ether oxygens (including phenoxy) is 1. The molecule has 0 atom stereocenters. The van der Waals surface area contributed by atoms with Crippen molar-refractivity contribution in [2.45, 2.75) is 52.6 Å². The molecule has 4 rings (SSSR count). The van der Waals surface area contributed by atoms with Gasteiger partial charge in [0.1, 0.15) is 5.82 Å². The van der Waals surface area contributed by atoms with Gasteiger partial charge >= 0.3 is 5.56 Å². The molecular formula is C25H29N3O3. The minimum atomic E-state index is -0.462. The van der Waals surface area contributed by atoms with Gasteiger partial charge in [-0.3, -0.25) is 9.59 Å². The van der Waals surface area contributed by atoms with Crippen LogP contribution in [0.25, 0.3) is 10.8 Å². The van der Waals surface area contributed by atoms with E-state index in [1.54, 1.807) is 4.90 Å². The minimum Gasteiger partial charge on any atom is -0.486 e. The molecule has 1 aliphatic rings. The van der Waals surface area contributed by atoms with Crippen LogP contribution in [0.5, 0.6) is 5.75 Å². The second-order valence-corrected chi connectivity index (χ2v) is 8.27. The molecule has 1 aliphatic heterocycles. The van der Waals surface area contributed by atoms with E-state index >= 15 is 0 Å². The normalized spacial score (nSPS) is 13.7. The zero-order valence-electron chi connectivity index (χ0n) is 18.4. The zero-order valence-corrected chi connectivity index (χ0v) is 18.4. The smallest absolute Gasteiger partial charge is 0.316 e. The number of carbonyl (C=O) groups is 1. The summed E-state index contributed by atoms with van der Waals surface area (Å²) in [5, 5.41) is 2.27. The van der Waals surface area contributed by atoms with E-state index in [4.69, 9.17) is 4.74 Å². The summed E-state index contributed by atoms with van der Waals surface area (Å²) >= 11 is 0. The van der Waals surface area contributed by atoms with E-state index in [0.717, 1.165) is 29.2 Å². The second kappa shape index (κ2) is 8.92. The Balaban J connectivity index is 1.82. The Labute approximate surface area is 182 Å². The number of benzene rings is 2. The quantitative estimate of drug-likeness (QED) is 0.543. The Morgan fingerprint density at radius 3 is 2.61 bits per heavy atom. The summed E-state index contributed by atoms with van der Waals surface area (Å²) in [7, 11) is 0. The van der Waals surface area contributed by atoms with Gasteiger partial charge in [0.2, 0.25) is 5.75 Å². The molecule has 0 N–H and O–H groups in total. The maximum Gasteiger partial charge on any atom is 0.316 e. The topological polar surface area (TPSA) is 64.4 Å². The molecule has 0 aliphatic carbocycles. The van der Waals surface area contributed by atoms with Crippen LogP contribution in [0.15, 0.2) is 47.3 Å². The summed E-state index contributed by atoms with van der Waals surface area (Å²) in [5.41, 5.74) is 0.959. The molecular weight excluding hydrogens is 390 g/mol. The van der Waals surface area contributed by atoms with Crippen molar-refractivity contribution in [3.05, 3.63) is 69.9 Å². The maximum absolute atomic E-state index is 13.3. The molecule has 31 heavy (non-hydrogen) atoms. The third-order valence-electron chi connectivity index (χ3n) is 5.85. The van der Waals surface area contributed by atoms with E-state index in [-0.39, 0.29) is 17.7 Å². The van der Waals surface area contributed by atoms with Crippen molar-refractivity contribution in [3.63, 3.8) is 0 Å². The van der Waals surface area contributed by atoms with Crippen molar-refractivity contribution in [2.75, 3.05) is 13.2 Å². The predicted molar refractivity (Wildman–Crippen MR) is 122 cm³/mol. The van der Waals surface area contributed by atoms with Gasteiger partial charge < -0.3 is 14.2 Å². The van der Waals surface area contributed by atoms with Gasteiger partial charge in [-0.1, -0.05) is 55.8 Å². The number of aromatic nitrogens is 2. The Bertz CT molecular complexity index is 1160. The van der Waals surface area contributed by atoms with Crippen LogP contribution in [-0.2, 0) is 13.0 Å². The maximum atomic E-state index is 13.3. The Morgan fingerprint density at radius 1 is 1.06 bits per heavy atom. The lowest BCUT2D eigenvalue weighted by molar-refractivity contribution is 0.0635. The van der Waals surface area contributed by atoms with Crippen molar-refractivity contribution in [2.24, 2.45) is 0 Å². The van der Waals surface area contributed by atoms with Crippen molar-refractivity contribution in [3.8, 4) is 5.75 Å². The van der Waals surface area contributed by atoms with E-state index in [9.17, 15) is 9.59 Å². The summed E-state index contributed by atoms with van der Waals surface area (Å²) in [4.78, 5) is 32.5. The molecule has 0 unspecified atom stereocenters. The van der Waals surface area contributed by atoms with Crippen molar-refractivity contribution < 1.29 is 9.53 Å². The van der Waals surface area contributed by atoms with Crippen molar-refractivity contribution >= 4 is 16.7 Å². The molecule has 162 valence electrons. The number of unbranched alkanes of at least 4 members (excludes halogenated alkanes) is 1. The van der Waals surface area contributed by atoms with Gasteiger partial charge in [-0.05, 0) is 36.6 Å². The predicted octanol–water partition coefficient (Wildman–Crippen LogP) is 4.03. The first-order valence-corrected chi connectivity index (χ1v) is 11.1. The molecule has 2 heterocycles. The average Bonchev–Trinajstić information content (AvgIpc) is 2.76. The molecule has 1 amide bonds. The Kier molecular flexibility index (Phi) is 6.07. The highest BCUT2D eigenvalue weighted by molar-refractivity contribution is 5.96. The van der Waals surface area contributed by atoms with Crippen LogP contribution in [0.3, 0.4) is 0 Å². The van der Waals surface area contributed by atoms with E-state index in [1.807, 2.05) is 36.6 Å². The fraction of sp³-hybridized carbons (Fsp3) is 0.400. The third kappa shape index (κ3) is 4.07. The number of carbonyl (C=O) groups excluding carboxylic acids is 1. The highest BCUT2D eigenvalue weighted by Crippen LogP contribution is 2.26. The Hall–Kier alpha value is -3.15. The van der Waals surface area contributed by atoms with Gasteiger partial charge in [0.15, 0.2) is 5.69 Å². The lowest BCUT2D eigenvalue weighted by atomic mass is 10.0. The standard InChI is InChI=1S/C25H29N3O3/c1-4-5-15-31-23-22-25(30)27(17(2)3)13-14-28(22)21(26-24(23)29)16-19-11-8-10-18-9-6-7-12-20(18)19/h6-12,17H,4-5,13-16H2,1-3H3. The van der Waals surface area contributed by atoms with Crippen LogP contribution in [0.4, 0.5) is 0 Å². The number of hydrogen-bond acceptors (Lipinski definition) is 4. The number of fused-ring (bicyclic) bond motifs is 2. The molecule has 1 aromatic heterocycles. The monoisotopic (exact) mass is 419 g/mol. The fourth-order valence-electron chi connectivity index (χ4n) is 4.17. The lowest BCUT2D eigenvalue weighted by Gasteiger charge is -2.34. The van der Waals surface area contributed by atoms with E-state index in [2.05, 4.69) is 36.2 Å². The van der Waals surface area contributed by atoms with Crippen LogP contribution in [-0.4, -0.2) is 39.6 Å². The van der Waals surface area contributed by atoms with Crippen molar-refractivity contribution in [1.29, 1.82) is 0 Å². The lowest BCUT2D eigenvalue weighted by Crippen LogP contribution is -2.46. The largest absolute Gasteiger partial charge is 0.486 e. The highest BCUT2D eigenvalue weighted by atomic mass is 16.5. The molecule has 0 bridgehead atoms. The first-order valence-electron chi connectivity index (χ1n) is 11.1. The van der Waals surface area contributed by atoms with Crippen molar-refractivity contribution in [1.82, 2.24) is 14.5 Å². The van der Waals surface area contributed by atoms with Gasteiger partial charge in [0.05, 0.1) is 6.61 Å². The minimum absolute atomic E-state index is 0.0505. The van der Waals surface area contributed by atoms with Crippen LogP contribution < -0.4 is 10.3 Å². The second-order valence-electron chi connectivity index (χ2n) is 8.27. The van der Waals surface area contributed by atoms with E-state index in [1.165, 1.54) is 0 Å². The molecule has 0 fully saturated rings. The van der Waals surface area contributed by atoms with Gasteiger partial charge in [0, 0.05) is 25.6 Å². The van der Waals surface area contributed by atoms with Gasteiger partial charge in [-0.15, -0.1) is 0 Å². The van der Waals surface area contributed by atoms with Crippen LogP contribution in [0.2, 0.25) is 0 Å². The third-order valence-corrected chi connectivity index (χ3v) is 5.85. The molecule has 6 nitrogen and oxygen atoms in total. The summed E-state index contributed by atoms with van der Waals surface area (Å²) in [5.74, 6) is 0.535. The fourth-order valence-corrected chi connectivity index (χ4v) is 4.17. The van der Waals surface area contributed by atoms with E-state index in [0.29, 0.717) is 37.6 Å². The first-order chi connectivity index (χ1) is 15.0. The number of hydrogen-bond donors (Lipinski definition) is 0. The summed E-state index contributed by atoms with van der Waals surface area (Å²) < 4.78 is 7.70. The number of rotatable bonds is 7. The molecule has 6 heteroatoms. The SMILES string of the molecule is CCCCOc1c2n(c(Cc3cccc4ccccc34)nc1=O)CCN(C(C)C)C2=O. The molecule has 0 radical (unpaired) electrons. The molecule has 0 saturated carbocycles. The summed E-state index contributed by atoms with van der Waals surface area (Å²) in [6.07, 6.45) is 2.24. The summed E-state index contributed by atoms with van der Waals surface area (Å²) in [6, 6.07) is 14.4. The summed E-state index contributed by atoms with van der Waals surface area (Å²) in [6.45, 7) is 7.62. The van der Waals surface area contributed by atoms with Gasteiger partial charge in [-0.25, -0.2) is 0 Å². The van der Waals surface area contributed by atoms with Gasteiger partial charge in [-0.2, -0.15) is 4.98 Å². The van der Waals surface area contributed by atoms with Gasteiger partial charge in [0.25, 0.3) is 5.91 Å². The van der Waals surface area contributed by atoms with Crippen LogP contribution >= 0.6 is 0 Å². The molecule has 3 aromatic rings. The van der Waals surface area contributed by atoms with Crippen LogP contribution in [0.1, 0.15) is 55.5 Å². The molecule has 0 saturated heterocycles. The Morgan fingerprint density at radius 2 is 1.84 bits per heavy atom. The highest BCUT2D eigenvalue weighted by Gasteiger charge is 2.33. The molecule has 0 spiro atoms. The zero-order chi connectivity index (χ0) is 22.0. The molecule has 2 aromatic carbocycles.